The summed E-state index contributed by atoms with van der Waals surface area (Å²) in [4.78, 5) is 7.06. The SMILES string of the molecule is Cc1cc(Nc2cccc(-c3cc(CN4CCc5ccccc5C4)on3)c2)c2ccccc2n1. The summed E-state index contributed by atoms with van der Waals surface area (Å²) >= 11 is 0. The van der Waals surface area contributed by atoms with Crippen LogP contribution in [-0.4, -0.2) is 21.6 Å². The molecule has 3 aromatic carbocycles. The molecule has 0 unspecified atom stereocenters. The Hall–Kier alpha value is -3.96. The minimum absolute atomic E-state index is 0.765. The van der Waals surface area contributed by atoms with E-state index in [1.165, 1.54) is 11.1 Å². The number of anilines is 2. The van der Waals surface area contributed by atoms with Crippen molar-refractivity contribution in [3.63, 3.8) is 0 Å². The van der Waals surface area contributed by atoms with Crippen LogP contribution in [0.5, 0.6) is 0 Å². The number of nitrogens with zero attached hydrogens (tertiary/aromatic N) is 3. The first kappa shape index (κ1) is 20.6. The van der Waals surface area contributed by atoms with Gasteiger partial charge in [-0.2, -0.15) is 0 Å². The number of aromatic nitrogens is 2. The van der Waals surface area contributed by atoms with Crippen LogP contribution < -0.4 is 5.32 Å². The topological polar surface area (TPSA) is 54.2 Å². The molecule has 1 aliphatic rings. The lowest BCUT2D eigenvalue weighted by Crippen LogP contribution is -2.29. The van der Waals surface area contributed by atoms with E-state index < -0.39 is 0 Å². The highest BCUT2D eigenvalue weighted by atomic mass is 16.5. The number of fused-ring (bicyclic) bond motifs is 2. The number of hydrogen-bond donors (Lipinski definition) is 1. The van der Waals surface area contributed by atoms with Gasteiger partial charge in [-0.3, -0.25) is 9.88 Å². The molecule has 1 aliphatic heterocycles. The van der Waals surface area contributed by atoms with E-state index in [4.69, 9.17) is 4.52 Å². The molecule has 0 spiro atoms. The third-order valence-electron chi connectivity index (χ3n) is 6.43. The Morgan fingerprint density at radius 3 is 2.71 bits per heavy atom. The van der Waals surface area contributed by atoms with Crippen molar-refractivity contribution in [3.05, 3.63) is 108 Å². The van der Waals surface area contributed by atoms with Gasteiger partial charge in [-0.15, -0.1) is 0 Å². The van der Waals surface area contributed by atoms with Gasteiger partial charge in [-0.05, 0) is 48.7 Å². The Kier molecular flexibility index (Phi) is 5.32. The summed E-state index contributed by atoms with van der Waals surface area (Å²) in [6, 6.07) is 29.3. The Bertz CT molecular complexity index is 1470. The molecule has 6 rings (SSSR count). The Morgan fingerprint density at radius 2 is 1.76 bits per heavy atom. The van der Waals surface area contributed by atoms with E-state index in [0.29, 0.717) is 0 Å². The molecular formula is C29H26N4O. The van der Waals surface area contributed by atoms with Gasteiger partial charge in [-0.1, -0.05) is 59.8 Å². The highest BCUT2D eigenvalue weighted by Crippen LogP contribution is 2.29. The van der Waals surface area contributed by atoms with Gasteiger partial charge in [0.15, 0.2) is 5.76 Å². The van der Waals surface area contributed by atoms with Crippen LogP contribution in [0.1, 0.15) is 22.6 Å². The molecule has 3 heterocycles. The summed E-state index contributed by atoms with van der Waals surface area (Å²) in [5.74, 6) is 0.892. The summed E-state index contributed by atoms with van der Waals surface area (Å²) in [5, 5.41) is 9.04. The highest BCUT2D eigenvalue weighted by Gasteiger charge is 2.18. The first-order chi connectivity index (χ1) is 16.7. The predicted octanol–water partition coefficient (Wildman–Crippen LogP) is 6.50. The maximum Gasteiger partial charge on any atom is 0.151 e. The molecule has 34 heavy (non-hydrogen) atoms. The maximum atomic E-state index is 5.72. The zero-order valence-electron chi connectivity index (χ0n) is 19.2. The van der Waals surface area contributed by atoms with Gasteiger partial charge >= 0.3 is 0 Å². The lowest BCUT2D eigenvalue weighted by molar-refractivity contribution is 0.215. The molecule has 5 aromatic rings. The van der Waals surface area contributed by atoms with Gasteiger partial charge in [0.1, 0.15) is 5.69 Å². The van der Waals surface area contributed by atoms with E-state index in [1.54, 1.807) is 0 Å². The fourth-order valence-electron chi connectivity index (χ4n) is 4.76. The summed E-state index contributed by atoms with van der Waals surface area (Å²) in [5.41, 5.74) is 8.77. The van der Waals surface area contributed by atoms with Crippen molar-refractivity contribution in [2.75, 3.05) is 11.9 Å². The van der Waals surface area contributed by atoms with E-state index in [1.807, 2.05) is 31.2 Å². The van der Waals surface area contributed by atoms with Crippen LogP contribution in [0, 0.1) is 6.92 Å². The summed E-state index contributed by atoms with van der Waals surface area (Å²) in [7, 11) is 0. The molecule has 0 aliphatic carbocycles. The molecule has 1 N–H and O–H groups in total. The van der Waals surface area contributed by atoms with Crippen LogP contribution in [0.25, 0.3) is 22.2 Å². The molecule has 0 bridgehead atoms. The number of pyridine rings is 1. The normalized spacial score (nSPS) is 13.7. The van der Waals surface area contributed by atoms with Gasteiger partial charge in [0.2, 0.25) is 0 Å². The fraction of sp³-hybridized carbons (Fsp3) is 0.172. The summed E-state index contributed by atoms with van der Waals surface area (Å²) in [6.45, 7) is 4.77. The maximum absolute atomic E-state index is 5.72. The number of benzene rings is 3. The zero-order valence-corrected chi connectivity index (χ0v) is 19.2. The molecule has 0 saturated heterocycles. The van der Waals surface area contributed by atoms with Gasteiger partial charge in [0.25, 0.3) is 0 Å². The lowest BCUT2D eigenvalue weighted by Gasteiger charge is -2.27. The van der Waals surface area contributed by atoms with Crippen LogP contribution in [-0.2, 0) is 19.5 Å². The van der Waals surface area contributed by atoms with Crippen molar-refractivity contribution in [2.24, 2.45) is 0 Å². The van der Waals surface area contributed by atoms with Crippen molar-refractivity contribution in [1.29, 1.82) is 0 Å². The van der Waals surface area contributed by atoms with E-state index >= 15 is 0 Å². The molecule has 0 saturated carbocycles. The number of para-hydroxylation sites is 1. The molecule has 2 aromatic heterocycles. The van der Waals surface area contributed by atoms with Crippen LogP contribution in [0.2, 0.25) is 0 Å². The molecule has 0 amide bonds. The molecule has 0 radical (unpaired) electrons. The smallest absolute Gasteiger partial charge is 0.151 e. The van der Waals surface area contributed by atoms with Gasteiger partial charge < -0.3 is 9.84 Å². The fourth-order valence-corrected chi connectivity index (χ4v) is 4.76. The van der Waals surface area contributed by atoms with Crippen LogP contribution in [0.3, 0.4) is 0 Å². The molecule has 5 nitrogen and oxygen atoms in total. The Morgan fingerprint density at radius 1 is 0.912 bits per heavy atom. The monoisotopic (exact) mass is 446 g/mol. The van der Waals surface area contributed by atoms with Crippen molar-refractivity contribution < 1.29 is 4.52 Å². The first-order valence-corrected chi connectivity index (χ1v) is 11.7. The van der Waals surface area contributed by atoms with Crippen molar-refractivity contribution in [2.45, 2.75) is 26.4 Å². The Balaban J connectivity index is 1.20. The molecule has 0 fully saturated rings. The van der Waals surface area contributed by atoms with E-state index in [9.17, 15) is 0 Å². The number of nitrogens with one attached hydrogen (secondary N) is 1. The van der Waals surface area contributed by atoms with E-state index in [0.717, 1.165) is 71.0 Å². The van der Waals surface area contributed by atoms with E-state index in [2.05, 4.69) is 81.0 Å². The molecule has 168 valence electrons. The third-order valence-corrected chi connectivity index (χ3v) is 6.43. The van der Waals surface area contributed by atoms with E-state index in [-0.39, 0.29) is 0 Å². The standard InChI is InChI=1S/C29H26N4O/c1-20-15-29(26-11-4-5-12-27(26)30-20)31-24-10-6-9-22(16-24)28-17-25(34-32-28)19-33-14-13-21-7-2-3-8-23(21)18-33/h2-12,15-17H,13-14,18-19H2,1H3,(H,30,31). The van der Waals surface area contributed by atoms with Crippen LogP contribution in [0.15, 0.2) is 89.5 Å². The second-order valence-corrected chi connectivity index (χ2v) is 8.94. The summed E-state index contributed by atoms with van der Waals surface area (Å²) < 4.78 is 5.72. The number of hydrogen-bond acceptors (Lipinski definition) is 5. The van der Waals surface area contributed by atoms with Crippen molar-refractivity contribution in [3.8, 4) is 11.3 Å². The Labute approximate surface area is 199 Å². The van der Waals surface area contributed by atoms with Crippen LogP contribution >= 0.6 is 0 Å². The second-order valence-electron chi connectivity index (χ2n) is 8.94. The average Bonchev–Trinajstić information content (AvgIpc) is 3.32. The minimum Gasteiger partial charge on any atom is -0.359 e. The number of rotatable bonds is 5. The lowest BCUT2D eigenvalue weighted by atomic mass is 10.00. The van der Waals surface area contributed by atoms with Gasteiger partial charge in [0.05, 0.1) is 12.1 Å². The van der Waals surface area contributed by atoms with Crippen molar-refractivity contribution >= 4 is 22.3 Å². The third kappa shape index (κ3) is 4.18. The molecule has 0 atom stereocenters. The van der Waals surface area contributed by atoms with Gasteiger partial charge in [-0.25, -0.2) is 0 Å². The quantitative estimate of drug-likeness (QED) is 0.334. The summed E-state index contributed by atoms with van der Waals surface area (Å²) in [6.07, 6.45) is 1.08. The molecular weight excluding hydrogens is 420 g/mol. The largest absolute Gasteiger partial charge is 0.359 e. The first-order valence-electron chi connectivity index (χ1n) is 11.7. The minimum atomic E-state index is 0.765. The molecule has 5 heteroatoms. The van der Waals surface area contributed by atoms with Crippen LogP contribution in [0.4, 0.5) is 11.4 Å². The average molecular weight is 447 g/mol. The predicted molar refractivity (Wildman–Crippen MR) is 136 cm³/mol. The zero-order chi connectivity index (χ0) is 22.9. The number of aryl methyl sites for hydroxylation is 1. The van der Waals surface area contributed by atoms with Crippen molar-refractivity contribution in [1.82, 2.24) is 15.0 Å². The van der Waals surface area contributed by atoms with Gasteiger partial charge in [0, 0.05) is 47.2 Å². The highest BCUT2D eigenvalue weighted by molar-refractivity contribution is 5.93. The second kappa shape index (κ2) is 8.76.